The summed E-state index contributed by atoms with van der Waals surface area (Å²) in [6.45, 7) is 4.02. The zero-order chi connectivity index (χ0) is 25.9. The van der Waals surface area contributed by atoms with Crippen molar-refractivity contribution >= 4 is 17.7 Å². The van der Waals surface area contributed by atoms with Gasteiger partial charge in [0, 0.05) is 39.3 Å². The maximum absolute atomic E-state index is 13.3. The van der Waals surface area contributed by atoms with Crippen molar-refractivity contribution in [3.63, 3.8) is 0 Å². The fraction of sp³-hybridized carbons (Fsp3) is 0.333. The lowest BCUT2D eigenvalue weighted by molar-refractivity contribution is -0.121. The van der Waals surface area contributed by atoms with E-state index in [4.69, 9.17) is 9.47 Å². The van der Waals surface area contributed by atoms with E-state index in [0.717, 1.165) is 23.1 Å². The summed E-state index contributed by atoms with van der Waals surface area (Å²) in [4.78, 5) is 41.9. The number of aryl methyl sites for hydroxylation is 2. The first kappa shape index (κ1) is 24.4. The largest absolute Gasteiger partial charge is 0.454 e. The Labute approximate surface area is 214 Å². The van der Waals surface area contributed by atoms with Crippen LogP contribution in [0.5, 0.6) is 11.5 Å². The highest BCUT2D eigenvalue weighted by molar-refractivity contribution is 5.99. The number of fused-ring (bicyclic) bond motifs is 2. The molecule has 0 spiro atoms. The topological polar surface area (TPSA) is 106 Å². The van der Waals surface area contributed by atoms with Crippen molar-refractivity contribution in [2.45, 2.75) is 33.0 Å². The Balaban J connectivity index is 1.20. The second-order valence-corrected chi connectivity index (χ2v) is 9.27. The number of carbonyl (C=O) groups excluding carboxylic acids is 3. The third kappa shape index (κ3) is 5.28. The third-order valence-corrected chi connectivity index (χ3v) is 6.58. The van der Waals surface area contributed by atoms with Gasteiger partial charge in [-0.3, -0.25) is 19.1 Å². The van der Waals surface area contributed by atoms with Gasteiger partial charge in [-0.2, -0.15) is 5.10 Å². The number of likely N-dealkylation sites (N-methyl/N-ethyl adjacent to an activating group) is 1. The molecule has 0 saturated heterocycles. The summed E-state index contributed by atoms with van der Waals surface area (Å²) in [6, 6.07) is 15.0. The average Bonchev–Trinajstić information content (AvgIpc) is 3.51. The van der Waals surface area contributed by atoms with Gasteiger partial charge in [-0.1, -0.05) is 30.3 Å². The van der Waals surface area contributed by atoms with E-state index in [1.807, 2.05) is 43.3 Å². The summed E-state index contributed by atoms with van der Waals surface area (Å²) in [5, 5.41) is 7.21. The number of hydrogen-bond acceptors (Lipinski definition) is 6. The zero-order valence-electron chi connectivity index (χ0n) is 20.9. The number of carbonyl (C=O) groups is 3. The van der Waals surface area contributed by atoms with Gasteiger partial charge in [0.25, 0.3) is 11.8 Å². The van der Waals surface area contributed by atoms with Gasteiger partial charge in [-0.25, -0.2) is 0 Å². The van der Waals surface area contributed by atoms with E-state index >= 15 is 0 Å². The van der Waals surface area contributed by atoms with Crippen LogP contribution in [0.25, 0.3) is 0 Å². The molecule has 0 fully saturated rings. The molecule has 2 aliphatic heterocycles. The summed E-state index contributed by atoms with van der Waals surface area (Å²) in [6.07, 6.45) is 0.734. The highest BCUT2D eigenvalue weighted by Crippen LogP contribution is 2.32. The summed E-state index contributed by atoms with van der Waals surface area (Å²) in [5.74, 6) is 0.435. The van der Waals surface area contributed by atoms with Gasteiger partial charge in [0.1, 0.15) is 5.69 Å². The molecule has 0 atom stereocenters. The van der Waals surface area contributed by atoms with Crippen molar-refractivity contribution in [1.29, 1.82) is 0 Å². The molecule has 3 heterocycles. The first-order valence-electron chi connectivity index (χ1n) is 12.2. The van der Waals surface area contributed by atoms with Gasteiger partial charge in [-0.15, -0.1) is 0 Å². The van der Waals surface area contributed by atoms with Crippen LogP contribution in [0.15, 0.2) is 48.5 Å². The van der Waals surface area contributed by atoms with Crippen LogP contribution in [-0.4, -0.2) is 64.2 Å². The molecule has 1 N–H and O–H groups in total. The van der Waals surface area contributed by atoms with E-state index in [1.54, 1.807) is 22.7 Å². The fourth-order valence-electron chi connectivity index (χ4n) is 4.47. The molecular weight excluding hydrogens is 474 g/mol. The van der Waals surface area contributed by atoms with Crippen molar-refractivity contribution < 1.29 is 23.9 Å². The normalized spacial score (nSPS) is 14.2. The third-order valence-electron chi connectivity index (χ3n) is 6.58. The maximum atomic E-state index is 13.3. The van der Waals surface area contributed by atoms with Crippen LogP contribution in [0.4, 0.5) is 0 Å². The maximum Gasteiger partial charge on any atom is 0.274 e. The number of rotatable bonds is 7. The monoisotopic (exact) mass is 503 g/mol. The van der Waals surface area contributed by atoms with E-state index in [2.05, 4.69) is 10.4 Å². The van der Waals surface area contributed by atoms with Crippen LogP contribution < -0.4 is 14.8 Å². The molecule has 10 heteroatoms. The SMILES string of the molecule is Cc1ccccc1CN1CCCn2nc(C(=O)N(C)CC(=O)NCc3ccc4c(c3)OCO4)cc2C1=O. The van der Waals surface area contributed by atoms with Crippen LogP contribution in [0, 0.1) is 6.92 Å². The van der Waals surface area contributed by atoms with E-state index in [-0.39, 0.29) is 30.8 Å². The lowest BCUT2D eigenvalue weighted by Crippen LogP contribution is -2.38. The molecule has 0 unspecified atom stereocenters. The van der Waals surface area contributed by atoms with Gasteiger partial charge >= 0.3 is 0 Å². The Bertz CT molecular complexity index is 1350. The summed E-state index contributed by atoms with van der Waals surface area (Å²) >= 11 is 0. The first-order chi connectivity index (χ1) is 17.9. The molecule has 0 aliphatic carbocycles. The zero-order valence-corrected chi connectivity index (χ0v) is 20.9. The minimum atomic E-state index is -0.419. The Morgan fingerprint density at radius 2 is 1.89 bits per heavy atom. The van der Waals surface area contributed by atoms with Crippen molar-refractivity contribution in [3.8, 4) is 11.5 Å². The Kier molecular flexibility index (Phi) is 6.80. The van der Waals surface area contributed by atoms with Gasteiger partial charge in [-0.05, 0) is 42.2 Å². The van der Waals surface area contributed by atoms with E-state index in [1.165, 1.54) is 11.0 Å². The van der Waals surface area contributed by atoms with Crippen LogP contribution in [0.1, 0.15) is 44.1 Å². The van der Waals surface area contributed by atoms with Crippen LogP contribution >= 0.6 is 0 Å². The smallest absolute Gasteiger partial charge is 0.274 e. The van der Waals surface area contributed by atoms with E-state index < -0.39 is 5.91 Å². The number of benzene rings is 2. The molecule has 0 radical (unpaired) electrons. The van der Waals surface area contributed by atoms with Gasteiger partial charge < -0.3 is 24.6 Å². The van der Waals surface area contributed by atoms with Crippen molar-refractivity contribution in [2.24, 2.45) is 0 Å². The molecule has 2 aliphatic rings. The summed E-state index contributed by atoms with van der Waals surface area (Å²) in [5.41, 5.74) is 3.61. The quantitative estimate of drug-likeness (QED) is 0.531. The second-order valence-electron chi connectivity index (χ2n) is 9.27. The minimum Gasteiger partial charge on any atom is -0.454 e. The molecule has 0 saturated carbocycles. The number of ether oxygens (including phenoxy) is 2. The number of amides is 3. The van der Waals surface area contributed by atoms with Gasteiger partial charge in [0.15, 0.2) is 17.2 Å². The van der Waals surface area contributed by atoms with Crippen molar-refractivity contribution in [2.75, 3.05) is 26.9 Å². The molecule has 192 valence electrons. The molecule has 5 rings (SSSR count). The predicted molar refractivity (Wildman–Crippen MR) is 134 cm³/mol. The number of nitrogens with one attached hydrogen (secondary N) is 1. The second kappa shape index (κ2) is 10.3. The highest BCUT2D eigenvalue weighted by Gasteiger charge is 2.28. The Morgan fingerprint density at radius 1 is 1.08 bits per heavy atom. The van der Waals surface area contributed by atoms with E-state index in [9.17, 15) is 14.4 Å². The fourth-order valence-corrected chi connectivity index (χ4v) is 4.47. The minimum absolute atomic E-state index is 0.140. The Hall–Kier alpha value is -4.34. The van der Waals surface area contributed by atoms with Gasteiger partial charge in [0.05, 0.1) is 6.54 Å². The molecule has 0 bridgehead atoms. The molecular formula is C27H29N5O5. The first-order valence-corrected chi connectivity index (χ1v) is 12.2. The Morgan fingerprint density at radius 3 is 2.73 bits per heavy atom. The molecule has 1 aromatic heterocycles. The molecule has 3 aromatic rings. The number of nitrogens with zero attached hydrogens (tertiary/aromatic N) is 4. The lowest BCUT2D eigenvalue weighted by atomic mass is 10.1. The van der Waals surface area contributed by atoms with E-state index in [0.29, 0.717) is 43.4 Å². The molecule has 10 nitrogen and oxygen atoms in total. The average molecular weight is 504 g/mol. The molecule has 3 amide bonds. The summed E-state index contributed by atoms with van der Waals surface area (Å²) < 4.78 is 12.3. The van der Waals surface area contributed by atoms with Crippen molar-refractivity contribution in [1.82, 2.24) is 24.9 Å². The molecule has 37 heavy (non-hydrogen) atoms. The predicted octanol–water partition coefficient (Wildman–Crippen LogP) is 2.35. The molecule has 2 aromatic carbocycles. The van der Waals surface area contributed by atoms with Gasteiger partial charge in [0.2, 0.25) is 12.7 Å². The lowest BCUT2D eigenvalue weighted by Gasteiger charge is -2.21. The van der Waals surface area contributed by atoms with Crippen LogP contribution in [-0.2, 0) is 24.4 Å². The summed E-state index contributed by atoms with van der Waals surface area (Å²) in [7, 11) is 1.54. The highest BCUT2D eigenvalue weighted by atomic mass is 16.7. The van der Waals surface area contributed by atoms with Crippen molar-refractivity contribution in [3.05, 3.63) is 76.6 Å². The van der Waals surface area contributed by atoms with Crippen LogP contribution in [0.2, 0.25) is 0 Å². The standard InChI is InChI=1S/C27H29N5O5/c1-18-6-3-4-7-20(18)15-31-10-5-11-32-22(27(31)35)13-21(29-32)26(34)30(2)16-25(33)28-14-19-8-9-23-24(12-19)37-17-36-23/h3-4,6-9,12-13H,5,10-11,14-17H2,1-2H3,(H,28,33). The number of hydrogen-bond donors (Lipinski definition) is 1. The van der Waals surface area contributed by atoms with Crippen LogP contribution in [0.3, 0.4) is 0 Å². The number of aromatic nitrogens is 2.